The third-order valence-corrected chi connectivity index (χ3v) is 3.33. The van der Waals surface area contributed by atoms with E-state index in [-0.39, 0.29) is 0 Å². The number of rotatable bonds is 6. The summed E-state index contributed by atoms with van der Waals surface area (Å²) < 4.78 is 2.11. The van der Waals surface area contributed by atoms with Gasteiger partial charge in [0, 0.05) is 32.4 Å². The third kappa shape index (κ3) is 3.34. The third-order valence-electron chi connectivity index (χ3n) is 3.33. The lowest BCUT2D eigenvalue weighted by molar-refractivity contribution is 0.274. The van der Waals surface area contributed by atoms with E-state index in [1.165, 1.54) is 18.7 Å². The van der Waals surface area contributed by atoms with Crippen LogP contribution in [0.1, 0.15) is 32.5 Å². The number of hydrogen-bond acceptors (Lipinski definition) is 2. The molecule has 0 saturated heterocycles. The number of aromatic nitrogens is 2. The average Bonchev–Trinajstić information content (AvgIpc) is 2.62. The van der Waals surface area contributed by atoms with E-state index in [0.717, 1.165) is 13.0 Å². The van der Waals surface area contributed by atoms with Crippen LogP contribution in [-0.2, 0) is 13.5 Å². The first-order valence-corrected chi connectivity index (χ1v) is 5.72. The highest BCUT2D eigenvalue weighted by molar-refractivity contribution is 4.93. The zero-order valence-corrected chi connectivity index (χ0v) is 10.4. The van der Waals surface area contributed by atoms with Crippen LogP contribution in [0.25, 0.3) is 0 Å². The van der Waals surface area contributed by atoms with E-state index >= 15 is 0 Å². The van der Waals surface area contributed by atoms with Gasteiger partial charge in [-0.3, -0.25) is 0 Å². The summed E-state index contributed by atoms with van der Waals surface area (Å²) in [5.74, 6) is 1.19. The Morgan fingerprint density at radius 3 is 2.73 bits per heavy atom. The second-order valence-corrected chi connectivity index (χ2v) is 4.65. The van der Waals surface area contributed by atoms with Crippen LogP contribution < -0.4 is 5.32 Å². The van der Waals surface area contributed by atoms with Crippen LogP contribution in [0.2, 0.25) is 0 Å². The van der Waals surface area contributed by atoms with Gasteiger partial charge in [0.15, 0.2) is 0 Å². The van der Waals surface area contributed by atoms with Crippen LogP contribution in [0.5, 0.6) is 0 Å². The monoisotopic (exact) mass is 209 g/mol. The molecule has 1 heterocycles. The van der Waals surface area contributed by atoms with E-state index in [4.69, 9.17) is 0 Å². The summed E-state index contributed by atoms with van der Waals surface area (Å²) >= 11 is 0. The molecule has 0 amide bonds. The summed E-state index contributed by atoms with van der Waals surface area (Å²) in [6, 6.07) is 0. The lowest BCUT2D eigenvalue weighted by atomic mass is 9.82. The van der Waals surface area contributed by atoms with E-state index in [9.17, 15) is 0 Å². The van der Waals surface area contributed by atoms with E-state index in [1.807, 2.05) is 19.4 Å². The molecule has 1 N–H and O–H groups in total. The van der Waals surface area contributed by atoms with Crippen molar-refractivity contribution in [2.75, 3.05) is 13.6 Å². The van der Waals surface area contributed by atoms with Gasteiger partial charge < -0.3 is 9.88 Å². The van der Waals surface area contributed by atoms with Crippen LogP contribution in [0.15, 0.2) is 12.4 Å². The topological polar surface area (TPSA) is 29.9 Å². The molecule has 0 aliphatic heterocycles. The van der Waals surface area contributed by atoms with Gasteiger partial charge in [-0.25, -0.2) is 4.98 Å². The molecule has 3 heteroatoms. The maximum atomic E-state index is 4.36. The quantitative estimate of drug-likeness (QED) is 0.776. The molecule has 3 nitrogen and oxygen atoms in total. The Balaban J connectivity index is 2.51. The normalized spacial score (nSPS) is 15.2. The molecule has 0 aliphatic rings. The van der Waals surface area contributed by atoms with E-state index in [2.05, 4.69) is 35.8 Å². The minimum Gasteiger partial charge on any atom is -0.338 e. The number of nitrogens with one attached hydrogen (secondary N) is 1. The highest BCUT2D eigenvalue weighted by Gasteiger charge is 2.21. The summed E-state index contributed by atoms with van der Waals surface area (Å²) in [7, 11) is 4.08. The maximum absolute atomic E-state index is 4.36. The van der Waals surface area contributed by atoms with Crippen molar-refractivity contribution in [3.05, 3.63) is 18.2 Å². The molecule has 0 bridgehead atoms. The molecule has 86 valence electrons. The molecule has 0 radical (unpaired) electrons. The first-order valence-electron chi connectivity index (χ1n) is 5.72. The minimum atomic E-state index is 0.390. The van der Waals surface area contributed by atoms with E-state index in [0.29, 0.717) is 5.41 Å². The molecule has 1 aromatic heterocycles. The van der Waals surface area contributed by atoms with Crippen molar-refractivity contribution in [2.45, 2.75) is 33.1 Å². The summed E-state index contributed by atoms with van der Waals surface area (Å²) in [6.45, 7) is 5.68. The van der Waals surface area contributed by atoms with Gasteiger partial charge in [-0.1, -0.05) is 13.8 Å². The molecule has 1 rings (SSSR count). The predicted molar refractivity (Wildman–Crippen MR) is 63.9 cm³/mol. The molecule has 0 aliphatic carbocycles. The van der Waals surface area contributed by atoms with Crippen LogP contribution in [0.4, 0.5) is 0 Å². The number of imidazole rings is 1. The van der Waals surface area contributed by atoms with E-state index < -0.39 is 0 Å². The fraction of sp³-hybridized carbons (Fsp3) is 0.750. The van der Waals surface area contributed by atoms with Crippen LogP contribution in [0, 0.1) is 5.41 Å². The smallest absolute Gasteiger partial charge is 0.108 e. The van der Waals surface area contributed by atoms with Gasteiger partial charge in [0.25, 0.3) is 0 Å². The minimum absolute atomic E-state index is 0.390. The Kier molecular flexibility index (Phi) is 4.33. The second kappa shape index (κ2) is 5.31. The van der Waals surface area contributed by atoms with Gasteiger partial charge in [0.2, 0.25) is 0 Å². The van der Waals surface area contributed by atoms with Crippen LogP contribution in [0.3, 0.4) is 0 Å². The fourth-order valence-electron chi connectivity index (χ4n) is 1.87. The zero-order valence-electron chi connectivity index (χ0n) is 10.4. The number of hydrogen-bond donors (Lipinski definition) is 1. The molecule has 1 atom stereocenters. The first-order chi connectivity index (χ1) is 7.11. The average molecular weight is 209 g/mol. The maximum Gasteiger partial charge on any atom is 0.108 e. The van der Waals surface area contributed by atoms with Crippen molar-refractivity contribution in [1.82, 2.24) is 14.9 Å². The van der Waals surface area contributed by atoms with Crippen molar-refractivity contribution in [2.24, 2.45) is 12.5 Å². The summed E-state index contributed by atoms with van der Waals surface area (Å²) in [5.41, 5.74) is 0.390. The molecule has 1 unspecified atom stereocenters. The van der Waals surface area contributed by atoms with Crippen molar-refractivity contribution in [3.8, 4) is 0 Å². The van der Waals surface area contributed by atoms with Gasteiger partial charge in [-0.2, -0.15) is 0 Å². The van der Waals surface area contributed by atoms with Gasteiger partial charge >= 0.3 is 0 Å². The van der Waals surface area contributed by atoms with E-state index in [1.54, 1.807) is 0 Å². The second-order valence-electron chi connectivity index (χ2n) is 4.65. The van der Waals surface area contributed by atoms with Gasteiger partial charge in [0.05, 0.1) is 0 Å². The highest BCUT2D eigenvalue weighted by Crippen LogP contribution is 2.26. The molecule has 15 heavy (non-hydrogen) atoms. The van der Waals surface area contributed by atoms with Gasteiger partial charge in [-0.05, 0) is 25.3 Å². The molecule has 0 spiro atoms. The Morgan fingerprint density at radius 1 is 1.53 bits per heavy atom. The van der Waals surface area contributed by atoms with Gasteiger partial charge in [0.1, 0.15) is 5.82 Å². The van der Waals surface area contributed by atoms with Crippen molar-refractivity contribution in [1.29, 1.82) is 0 Å². The fourth-order valence-corrected chi connectivity index (χ4v) is 1.87. The van der Waals surface area contributed by atoms with Crippen molar-refractivity contribution < 1.29 is 0 Å². The Morgan fingerprint density at radius 2 is 2.27 bits per heavy atom. The zero-order chi connectivity index (χ0) is 11.3. The first kappa shape index (κ1) is 12.2. The molecular formula is C12H23N3. The largest absolute Gasteiger partial charge is 0.338 e. The standard InChI is InChI=1S/C12H23N3/c1-5-12(2,10-13-3)7-6-11-14-8-9-15(11)4/h8-9,13H,5-7,10H2,1-4H3. The number of aryl methyl sites for hydroxylation is 2. The predicted octanol–water partition coefficient (Wildman–Crippen LogP) is 1.99. The number of nitrogens with zero attached hydrogens (tertiary/aromatic N) is 2. The lowest BCUT2D eigenvalue weighted by Gasteiger charge is -2.27. The van der Waals surface area contributed by atoms with Crippen LogP contribution in [-0.4, -0.2) is 23.1 Å². The molecule has 0 fully saturated rings. The Labute approximate surface area is 92.9 Å². The summed E-state index contributed by atoms with van der Waals surface area (Å²) in [5, 5.41) is 3.28. The SMILES string of the molecule is CCC(C)(CCc1nccn1C)CNC. The summed E-state index contributed by atoms with van der Waals surface area (Å²) in [6.07, 6.45) is 7.34. The lowest BCUT2D eigenvalue weighted by Crippen LogP contribution is -2.29. The summed E-state index contributed by atoms with van der Waals surface area (Å²) in [4.78, 5) is 4.36. The Bertz CT molecular complexity index is 293. The molecule has 0 saturated carbocycles. The van der Waals surface area contributed by atoms with Crippen molar-refractivity contribution in [3.63, 3.8) is 0 Å². The Hall–Kier alpha value is -0.830. The highest BCUT2D eigenvalue weighted by atomic mass is 15.0. The van der Waals surface area contributed by atoms with Crippen molar-refractivity contribution >= 4 is 0 Å². The van der Waals surface area contributed by atoms with Crippen LogP contribution >= 0.6 is 0 Å². The molecule has 1 aromatic rings. The molecule has 0 aromatic carbocycles. The molecular weight excluding hydrogens is 186 g/mol. The van der Waals surface area contributed by atoms with Gasteiger partial charge in [-0.15, -0.1) is 0 Å².